The highest BCUT2D eigenvalue weighted by Gasteiger charge is 2.35. The zero-order valence-corrected chi connectivity index (χ0v) is 12.1. The van der Waals surface area contributed by atoms with Gasteiger partial charge in [0.2, 0.25) is 5.91 Å². The van der Waals surface area contributed by atoms with E-state index in [0.29, 0.717) is 13.1 Å². The van der Waals surface area contributed by atoms with Crippen molar-refractivity contribution in [3.8, 4) is 0 Å². The van der Waals surface area contributed by atoms with E-state index in [-0.39, 0.29) is 25.3 Å². The Hall–Kier alpha value is -1.33. The van der Waals surface area contributed by atoms with Crippen molar-refractivity contribution in [1.82, 2.24) is 10.2 Å². The van der Waals surface area contributed by atoms with Gasteiger partial charge in [-0.05, 0) is 20.8 Å². The maximum absolute atomic E-state index is 14.4. The van der Waals surface area contributed by atoms with Crippen LogP contribution in [0, 0.1) is 0 Å². The lowest BCUT2D eigenvalue weighted by molar-refractivity contribution is -0.131. The first-order chi connectivity index (χ1) is 8.61. The zero-order chi connectivity index (χ0) is 14.7. The predicted molar refractivity (Wildman–Crippen MR) is 69.6 cm³/mol. The average molecular weight is 274 g/mol. The van der Waals surface area contributed by atoms with Gasteiger partial charge >= 0.3 is 6.09 Å². The highest BCUT2D eigenvalue weighted by molar-refractivity contribution is 5.73. The third-order valence-electron chi connectivity index (χ3n) is 3.05. The molecule has 1 aliphatic rings. The fourth-order valence-electron chi connectivity index (χ4n) is 1.94. The Labute approximate surface area is 113 Å². The largest absolute Gasteiger partial charge is 0.444 e. The van der Waals surface area contributed by atoms with Gasteiger partial charge < -0.3 is 15.0 Å². The van der Waals surface area contributed by atoms with Crippen molar-refractivity contribution in [3.05, 3.63) is 0 Å². The summed E-state index contributed by atoms with van der Waals surface area (Å²) in [6.07, 6.45) is -0.136. The van der Waals surface area contributed by atoms with Crippen molar-refractivity contribution in [1.29, 1.82) is 0 Å². The summed E-state index contributed by atoms with van der Waals surface area (Å²) in [6, 6.07) is 0. The molecular weight excluding hydrogens is 251 g/mol. The number of alkyl carbamates (subject to hydrolysis) is 1. The van der Waals surface area contributed by atoms with Crippen molar-refractivity contribution in [2.75, 3.05) is 19.6 Å². The SMILES string of the molecule is CC(=O)N1CCC(F)(CNC(=O)OC(C)(C)C)CC1. The number of amides is 2. The Morgan fingerprint density at radius 3 is 2.26 bits per heavy atom. The molecule has 0 unspecified atom stereocenters. The van der Waals surface area contributed by atoms with Gasteiger partial charge in [-0.1, -0.05) is 0 Å². The van der Waals surface area contributed by atoms with Gasteiger partial charge in [0, 0.05) is 32.9 Å². The third kappa shape index (κ3) is 5.44. The molecule has 110 valence electrons. The second kappa shape index (κ2) is 5.75. The quantitative estimate of drug-likeness (QED) is 0.836. The smallest absolute Gasteiger partial charge is 0.407 e. The molecule has 0 bridgehead atoms. The second-order valence-electron chi connectivity index (χ2n) is 6.01. The van der Waals surface area contributed by atoms with Gasteiger partial charge in [0.15, 0.2) is 0 Å². The van der Waals surface area contributed by atoms with E-state index in [0.717, 1.165) is 0 Å². The zero-order valence-electron chi connectivity index (χ0n) is 12.1. The van der Waals surface area contributed by atoms with E-state index in [9.17, 15) is 14.0 Å². The van der Waals surface area contributed by atoms with Crippen LogP contribution in [0.2, 0.25) is 0 Å². The number of halogens is 1. The molecule has 1 fully saturated rings. The number of nitrogens with zero attached hydrogens (tertiary/aromatic N) is 1. The van der Waals surface area contributed by atoms with Crippen LogP contribution >= 0.6 is 0 Å². The molecule has 0 spiro atoms. The fourth-order valence-corrected chi connectivity index (χ4v) is 1.94. The summed E-state index contributed by atoms with van der Waals surface area (Å²) >= 11 is 0. The lowest BCUT2D eigenvalue weighted by atomic mass is 9.93. The van der Waals surface area contributed by atoms with Gasteiger partial charge in [-0.2, -0.15) is 0 Å². The normalized spacial score (nSPS) is 18.9. The van der Waals surface area contributed by atoms with Crippen LogP contribution in [0.5, 0.6) is 0 Å². The minimum atomic E-state index is -1.46. The van der Waals surface area contributed by atoms with Crippen molar-refractivity contribution >= 4 is 12.0 Å². The van der Waals surface area contributed by atoms with E-state index < -0.39 is 17.4 Å². The van der Waals surface area contributed by atoms with Crippen LogP contribution in [0.25, 0.3) is 0 Å². The van der Waals surface area contributed by atoms with Crippen LogP contribution < -0.4 is 5.32 Å². The number of rotatable bonds is 2. The molecule has 0 atom stereocenters. The number of carbonyl (C=O) groups excluding carboxylic acids is 2. The molecule has 0 aliphatic carbocycles. The Balaban J connectivity index is 2.37. The number of hydrogen-bond acceptors (Lipinski definition) is 3. The summed E-state index contributed by atoms with van der Waals surface area (Å²) in [5.41, 5.74) is -2.05. The minimum Gasteiger partial charge on any atom is -0.444 e. The monoisotopic (exact) mass is 274 g/mol. The summed E-state index contributed by atoms with van der Waals surface area (Å²) < 4.78 is 19.4. The third-order valence-corrected chi connectivity index (χ3v) is 3.05. The van der Waals surface area contributed by atoms with Crippen LogP contribution in [0.1, 0.15) is 40.5 Å². The summed E-state index contributed by atoms with van der Waals surface area (Å²) in [6.45, 7) is 7.44. The van der Waals surface area contributed by atoms with E-state index in [1.807, 2.05) is 0 Å². The molecule has 1 saturated heterocycles. The molecule has 1 heterocycles. The van der Waals surface area contributed by atoms with Crippen LogP contribution in [0.15, 0.2) is 0 Å². The Kier molecular flexibility index (Phi) is 4.76. The van der Waals surface area contributed by atoms with Crippen LogP contribution in [0.4, 0.5) is 9.18 Å². The molecule has 0 saturated carbocycles. The summed E-state index contributed by atoms with van der Waals surface area (Å²) in [7, 11) is 0. The molecule has 5 nitrogen and oxygen atoms in total. The van der Waals surface area contributed by atoms with E-state index in [2.05, 4.69) is 5.32 Å². The van der Waals surface area contributed by atoms with Crippen molar-refractivity contribution in [3.63, 3.8) is 0 Å². The van der Waals surface area contributed by atoms with E-state index in [1.165, 1.54) is 6.92 Å². The molecule has 0 aromatic heterocycles. The van der Waals surface area contributed by atoms with Crippen LogP contribution in [0.3, 0.4) is 0 Å². The first-order valence-corrected chi connectivity index (χ1v) is 6.53. The predicted octanol–water partition coefficient (Wildman–Crippen LogP) is 1.86. The van der Waals surface area contributed by atoms with Crippen LogP contribution in [-0.2, 0) is 9.53 Å². The number of piperidine rings is 1. The molecule has 1 N–H and O–H groups in total. The number of hydrogen-bond donors (Lipinski definition) is 1. The first-order valence-electron chi connectivity index (χ1n) is 6.53. The standard InChI is InChI=1S/C13H23FN2O3/c1-10(17)16-7-5-13(14,6-8-16)9-15-11(18)19-12(2,3)4/h5-9H2,1-4H3,(H,15,18). The molecule has 0 aromatic carbocycles. The Bertz CT molecular complexity index is 344. The molecular formula is C13H23FN2O3. The van der Waals surface area contributed by atoms with Crippen molar-refractivity contribution in [2.24, 2.45) is 0 Å². The van der Waals surface area contributed by atoms with Gasteiger partial charge in [0.05, 0.1) is 6.54 Å². The molecule has 1 aliphatic heterocycles. The van der Waals surface area contributed by atoms with Gasteiger partial charge in [-0.3, -0.25) is 4.79 Å². The number of carbonyl (C=O) groups is 2. The average Bonchev–Trinajstić information content (AvgIpc) is 2.25. The molecule has 19 heavy (non-hydrogen) atoms. The molecule has 1 rings (SSSR count). The van der Waals surface area contributed by atoms with E-state index in [1.54, 1.807) is 25.7 Å². The summed E-state index contributed by atoms with van der Waals surface area (Å²) in [4.78, 5) is 24.2. The maximum Gasteiger partial charge on any atom is 0.407 e. The molecule has 0 aromatic rings. The first kappa shape index (κ1) is 15.7. The number of likely N-dealkylation sites (tertiary alicyclic amines) is 1. The lowest BCUT2D eigenvalue weighted by Gasteiger charge is -2.36. The van der Waals surface area contributed by atoms with Gasteiger partial charge in [-0.25, -0.2) is 9.18 Å². The molecule has 2 amide bonds. The van der Waals surface area contributed by atoms with E-state index >= 15 is 0 Å². The Morgan fingerprint density at radius 2 is 1.84 bits per heavy atom. The molecule has 0 radical (unpaired) electrons. The van der Waals surface area contributed by atoms with Crippen molar-refractivity contribution in [2.45, 2.75) is 51.8 Å². The van der Waals surface area contributed by atoms with Crippen molar-refractivity contribution < 1.29 is 18.7 Å². The topological polar surface area (TPSA) is 58.6 Å². The van der Waals surface area contributed by atoms with Gasteiger partial charge in [0.1, 0.15) is 11.3 Å². The maximum atomic E-state index is 14.4. The number of nitrogens with one attached hydrogen (secondary N) is 1. The van der Waals surface area contributed by atoms with E-state index in [4.69, 9.17) is 4.74 Å². The number of ether oxygens (including phenoxy) is 1. The summed E-state index contributed by atoms with van der Waals surface area (Å²) in [5.74, 6) is -0.0397. The lowest BCUT2D eigenvalue weighted by Crippen LogP contribution is -2.49. The highest BCUT2D eigenvalue weighted by Crippen LogP contribution is 2.26. The summed E-state index contributed by atoms with van der Waals surface area (Å²) in [5, 5.41) is 2.45. The molecule has 6 heteroatoms. The van der Waals surface area contributed by atoms with Crippen LogP contribution in [-0.4, -0.2) is 47.8 Å². The van der Waals surface area contributed by atoms with Gasteiger partial charge in [-0.15, -0.1) is 0 Å². The van der Waals surface area contributed by atoms with Gasteiger partial charge in [0.25, 0.3) is 0 Å². The minimum absolute atomic E-state index is 0.0397. The number of alkyl halides is 1. The second-order valence-corrected chi connectivity index (χ2v) is 6.01. The highest BCUT2D eigenvalue weighted by atomic mass is 19.1. The fraction of sp³-hybridized carbons (Fsp3) is 0.846. The Morgan fingerprint density at radius 1 is 1.32 bits per heavy atom.